The first-order valence-electron chi connectivity index (χ1n) is 11.9. The second kappa shape index (κ2) is 9.37. The number of anilines is 2. The third-order valence-corrected chi connectivity index (χ3v) is 6.51. The average molecular weight is 472 g/mol. The van der Waals surface area contributed by atoms with Crippen LogP contribution in [-0.2, 0) is 11.2 Å². The molecule has 8 heteroatoms. The highest BCUT2D eigenvalue weighted by Gasteiger charge is 2.50. The van der Waals surface area contributed by atoms with Crippen LogP contribution in [0, 0.1) is 13.8 Å². The van der Waals surface area contributed by atoms with Crippen LogP contribution in [0.1, 0.15) is 33.9 Å². The minimum atomic E-state index is -0.630. The maximum atomic E-state index is 13.3. The third kappa shape index (κ3) is 5.11. The summed E-state index contributed by atoms with van der Waals surface area (Å²) in [6.45, 7) is 5.84. The van der Waals surface area contributed by atoms with E-state index in [-0.39, 0.29) is 12.0 Å². The molecular formula is C27H29N5O3. The molecule has 2 aromatic carbocycles. The van der Waals surface area contributed by atoms with Crippen LogP contribution in [0.15, 0.2) is 60.7 Å². The number of carbonyl (C=O) groups excluding carboxylic acids is 2. The molecule has 1 aromatic heterocycles. The van der Waals surface area contributed by atoms with Gasteiger partial charge in [-0.1, -0.05) is 36.4 Å². The Kier molecular flexibility index (Phi) is 6.11. The average Bonchev–Trinajstić information content (AvgIpc) is 3.39. The quantitative estimate of drug-likeness (QED) is 0.582. The van der Waals surface area contributed by atoms with Gasteiger partial charge >= 0.3 is 6.09 Å². The van der Waals surface area contributed by atoms with Crippen molar-refractivity contribution in [3.63, 3.8) is 0 Å². The van der Waals surface area contributed by atoms with Gasteiger partial charge in [0.2, 0.25) is 0 Å². The molecule has 2 fully saturated rings. The van der Waals surface area contributed by atoms with Crippen molar-refractivity contribution < 1.29 is 14.3 Å². The number of hydrogen-bond donors (Lipinski definition) is 1. The normalized spacial score (nSPS) is 19.3. The molecule has 1 spiro atoms. The van der Waals surface area contributed by atoms with Gasteiger partial charge in [-0.15, -0.1) is 0 Å². The van der Waals surface area contributed by atoms with E-state index in [1.807, 2.05) is 62.4 Å². The maximum Gasteiger partial charge on any atom is 0.410 e. The number of likely N-dealkylation sites (tertiary alicyclic amines) is 1. The summed E-state index contributed by atoms with van der Waals surface area (Å²) in [5.74, 6) is 1.30. The van der Waals surface area contributed by atoms with Crippen molar-refractivity contribution in [1.29, 1.82) is 0 Å². The molecule has 2 amide bonds. The first kappa shape index (κ1) is 22.8. The highest BCUT2D eigenvalue weighted by Crippen LogP contribution is 2.33. The summed E-state index contributed by atoms with van der Waals surface area (Å²) in [5, 5.41) is 3.26. The summed E-state index contributed by atoms with van der Waals surface area (Å²) in [5.41, 5.74) is 2.79. The number of amides is 2. The Hall–Kier alpha value is -3.94. The van der Waals surface area contributed by atoms with Gasteiger partial charge in [-0.2, -0.15) is 0 Å². The molecule has 0 bridgehead atoms. The zero-order chi connectivity index (χ0) is 24.4. The number of nitrogens with zero attached hydrogens (tertiary/aromatic N) is 4. The lowest BCUT2D eigenvalue weighted by Gasteiger charge is -2.22. The number of benzene rings is 2. The molecule has 2 saturated heterocycles. The summed E-state index contributed by atoms with van der Waals surface area (Å²) < 4.78 is 5.82. The van der Waals surface area contributed by atoms with E-state index in [1.165, 1.54) is 5.56 Å². The van der Waals surface area contributed by atoms with Crippen molar-refractivity contribution in [1.82, 2.24) is 19.8 Å². The lowest BCUT2D eigenvalue weighted by atomic mass is 10.0. The van der Waals surface area contributed by atoms with Crippen LogP contribution in [0.25, 0.3) is 0 Å². The Labute approximate surface area is 204 Å². The van der Waals surface area contributed by atoms with Crippen molar-refractivity contribution in [2.75, 3.05) is 31.5 Å². The molecular weight excluding hydrogens is 442 g/mol. The lowest BCUT2D eigenvalue weighted by Crippen LogP contribution is -2.39. The van der Waals surface area contributed by atoms with Crippen molar-refractivity contribution in [3.8, 4) is 0 Å². The standard InChI is InChI=1S/C27H29N5O3/c1-19-15-24(29-20(2)28-19)30-23-10-6-9-22(16-23)25(33)31-14-12-27(17-31)18-32(26(34)35-27)13-11-21-7-4-3-5-8-21/h3-10,15-16H,11-14,17-18H2,1-2H3,(H,28,29,30)/t27-/m0/s1. The summed E-state index contributed by atoms with van der Waals surface area (Å²) in [7, 11) is 0. The van der Waals surface area contributed by atoms with Gasteiger partial charge < -0.3 is 19.9 Å². The molecule has 35 heavy (non-hydrogen) atoms. The lowest BCUT2D eigenvalue weighted by molar-refractivity contribution is 0.0553. The van der Waals surface area contributed by atoms with E-state index in [1.54, 1.807) is 9.80 Å². The zero-order valence-electron chi connectivity index (χ0n) is 20.0. The molecule has 0 saturated carbocycles. The van der Waals surface area contributed by atoms with E-state index in [4.69, 9.17) is 4.74 Å². The number of nitrogens with one attached hydrogen (secondary N) is 1. The Morgan fingerprint density at radius 1 is 1.06 bits per heavy atom. The predicted molar refractivity (Wildman–Crippen MR) is 133 cm³/mol. The van der Waals surface area contributed by atoms with E-state index in [2.05, 4.69) is 27.4 Å². The van der Waals surface area contributed by atoms with Gasteiger partial charge in [-0.05, 0) is 44.0 Å². The summed E-state index contributed by atoms with van der Waals surface area (Å²) in [6, 6.07) is 19.3. The van der Waals surface area contributed by atoms with E-state index in [9.17, 15) is 9.59 Å². The zero-order valence-corrected chi connectivity index (χ0v) is 20.0. The van der Waals surface area contributed by atoms with Gasteiger partial charge in [0.25, 0.3) is 5.91 Å². The van der Waals surface area contributed by atoms with Gasteiger partial charge in [0.05, 0.1) is 13.1 Å². The molecule has 8 nitrogen and oxygen atoms in total. The van der Waals surface area contributed by atoms with E-state index in [0.717, 1.165) is 17.8 Å². The molecule has 180 valence electrons. The molecule has 3 heterocycles. The number of rotatable bonds is 6. The van der Waals surface area contributed by atoms with Crippen LogP contribution >= 0.6 is 0 Å². The topological polar surface area (TPSA) is 87.7 Å². The molecule has 1 atom stereocenters. The monoisotopic (exact) mass is 471 g/mol. The molecule has 5 rings (SSSR count). The summed E-state index contributed by atoms with van der Waals surface area (Å²) in [4.78, 5) is 38.1. The largest absolute Gasteiger partial charge is 0.439 e. The van der Waals surface area contributed by atoms with Crippen molar-refractivity contribution in [3.05, 3.63) is 83.3 Å². The van der Waals surface area contributed by atoms with Gasteiger partial charge in [0, 0.05) is 42.5 Å². The fraction of sp³-hybridized carbons (Fsp3) is 0.333. The van der Waals surface area contributed by atoms with Crippen LogP contribution in [0.2, 0.25) is 0 Å². The number of carbonyl (C=O) groups is 2. The molecule has 2 aliphatic heterocycles. The van der Waals surface area contributed by atoms with E-state index >= 15 is 0 Å². The first-order valence-corrected chi connectivity index (χ1v) is 11.9. The molecule has 2 aliphatic rings. The van der Waals surface area contributed by atoms with Crippen LogP contribution in [0.3, 0.4) is 0 Å². The number of hydrogen-bond acceptors (Lipinski definition) is 6. The molecule has 0 radical (unpaired) electrons. The summed E-state index contributed by atoms with van der Waals surface area (Å²) >= 11 is 0. The molecule has 3 aromatic rings. The Bertz CT molecular complexity index is 1230. The van der Waals surface area contributed by atoms with Gasteiger partial charge in [0.15, 0.2) is 5.60 Å². The maximum absolute atomic E-state index is 13.3. The van der Waals surface area contributed by atoms with Gasteiger partial charge in [-0.25, -0.2) is 14.8 Å². The highest BCUT2D eigenvalue weighted by atomic mass is 16.6. The third-order valence-electron chi connectivity index (χ3n) is 6.51. The van der Waals surface area contributed by atoms with Crippen LogP contribution < -0.4 is 5.32 Å². The number of aromatic nitrogens is 2. The Morgan fingerprint density at radius 3 is 2.69 bits per heavy atom. The van der Waals surface area contributed by atoms with Crippen LogP contribution in [0.5, 0.6) is 0 Å². The van der Waals surface area contributed by atoms with Crippen molar-refractivity contribution in [2.24, 2.45) is 0 Å². The van der Waals surface area contributed by atoms with Crippen LogP contribution in [-0.4, -0.2) is 63.5 Å². The SMILES string of the molecule is Cc1cc(Nc2cccc(C(=O)N3CC[C@@]4(CN(CCc5ccccc5)C(=O)O4)C3)c2)nc(C)n1. The Morgan fingerprint density at radius 2 is 1.89 bits per heavy atom. The Balaban J connectivity index is 1.22. The van der Waals surface area contributed by atoms with E-state index < -0.39 is 5.60 Å². The van der Waals surface area contributed by atoms with E-state index in [0.29, 0.717) is 49.8 Å². The fourth-order valence-corrected chi connectivity index (χ4v) is 4.85. The second-order valence-electron chi connectivity index (χ2n) is 9.33. The molecule has 0 unspecified atom stereocenters. The highest BCUT2D eigenvalue weighted by molar-refractivity contribution is 5.95. The first-order chi connectivity index (χ1) is 16.9. The number of aryl methyl sites for hydroxylation is 2. The summed E-state index contributed by atoms with van der Waals surface area (Å²) in [6.07, 6.45) is 1.13. The minimum Gasteiger partial charge on any atom is -0.439 e. The van der Waals surface area contributed by atoms with Crippen molar-refractivity contribution in [2.45, 2.75) is 32.3 Å². The molecule has 1 N–H and O–H groups in total. The smallest absolute Gasteiger partial charge is 0.410 e. The number of ether oxygens (including phenoxy) is 1. The van der Waals surface area contributed by atoms with Crippen LogP contribution in [0.4, 0.5) is 16.3 Å². The van der Waals surface area contributed by atoms with Gasteiger partial charge in [-0.3, -0.25) is 4.79 Å². The van der Waals surface area contributed by atoms with Crippen molar-refractivity contribution >= 4 is 23.5 Å². The second-order valence-corrected chi connectivity index (χ2v) is 9.33. The van der Waals surface area contributed by atoms with Gasteiger partial charge in [0.1, 0.15) is 11.6 Å². The fourth-order valence-electron chi connectivity index (χ4n) is 4.85. The predicted octanol–water partition coefficient (Wildman–Crippen LogP) is 4.12. The molecule has 0 aliphatic carbocycles. The minimum absolute atomic E-state index is 0.0700.